The maximum Gasteiger partial charge on any atom is 0.308 e. The Labute approximate surface area is 119 Å². The minimum atomic E-state index is -0.205. The molecule has 20 heavy (non-hydrogen) atoms. The fourth-order valence-corrected chi connectivity index (χ4v) is 2.66. The lowest BCUT2D eigenvalue weighted by molar-refractivity contribution is -0.149. The Morgan fingerprint density at radius 1 is 1.25 bits per heavy atom. The second kappa shape index (κ2) is 7.39. The summed E-state index contributed by atoms with van der Waals surface area (Å²) in [6.07, 6.45) is 3.76. The summed E-state index contributed by atoms with van der Waals surface area (Å²) in [7, 11) is 0. The highest BCUT2D eigenvalue weighted by atomic mass is 19.1. The minimum absolute atomic E-state index is 0.0514. The highest BCUT2D eigenvalue weighted by Gasteiger charge is 2.26. The molecule has 1 saturated carbocycles. The van der Waals surface area contributed by atoms with Crippen molar-refractivity contribution in [1.29, 1.82) is 0 Å². The van der Waals surface area contributed by atoms with Gasteiger partial charge in [-0.15, -0.1) is 0 Å². The molecule has 1 fully saturated rings. The Bertz CT molecular complexity index is 425. The van der Waals surface area contributed by atoms with Gasteiger partial charge in [-0.05, 0) is 50.3 Å². The van der Waals surface area contributed by atoms with Crippen LogP contribution in [0, 0.1) is 11.7 Å². The first-order chi connectivity index (χ1) is 9.69. The van der Waals surface area contributed by atoms with Crippen LogP contribution in [0.3, 0.4) is 0 Å². The Morgan fingerprint density at radius 2 is 1.90 bits per heavy atom. The Kier molecular flexibility index (Phi) is 5.53. The van der Waals surface area contributed by atoms with Crippen molar-refractivity contribution in [1.82, 2.24) is 5.32 Å². The third kappa shape index (κ3) is 4.30. The normalized spacial score (nSPS) is 22.5. The van der Waals surface area contributed by atoms with Gasteiger partial charge in [-0.2, -0.15) is 0 Å². The van der Waals surface area contributed by atoms with Gasteiger partial charge in [0.1, 0.15) is 5.82 Å². The smallest absolute Gasteiger partial charge is 0.308 e. The summed E-state index contributed by atoms with van der Waals surface area (Å²) in [5.41, 5.74) is 1.08. The number of carbonyl (C=O) groups is 1. The van der Waals surface area contributed by atoms with Crippen LogP contribution in [0.15, 0.2) is 24.3 Å². The number of hydrogen-bond acceptors (Lipinski definition) is 3. The molecule has 110 valence electrons. The molecule has 1 N–H and O–H groups in total. The molecule has 4 heteroatoms. The number of benzene rings is 1. The maximum absolute atomic E-state index is 12.8. The standard InChI is InChI=1S/C16H22FNO2/c1-2-20-16(19)13-5-9-15(10-6-13)18-11-12-3-7-14(17)8-4-12/h3-4,7-8,13,15,18H,2,5-6,9-11H2,1H3. The van der Waals surface area contributed by atoms with Gasteiger partial charge in [0, 0.05) is 12.6 Å². The van der Waals surface area contributed by atoms with E-state index in [1.165, 1.54) is 12.1 Å². The molecule has 0 spiro atoms. The molecule has 1 aromatic carbocycles. The molecule has 0 aliphatic heterocycles. The number of carbonyl (C=O) groups excluding carboxylic acids is 1. The zero-order chi connectivity index (χ0) is 14.4. The van der Waals surface area contributed by atoms with Crippen LogP contribution in [0.25, 0.3) is 0 Å². The number of halogens is 1. The lowest BCUT2D eigenvalue weighted by Crippen LogP contribution is -2.35. The summed E-state index contributed by atoms with van der Waals surface area (Å²) in [5.74, 6) is -0.188. The average molecular weight is 279 g/mol. The zero-order valence-corrected chi connectivity index (χ0v) is 11.9. The van der Waals surface area contributed by atoms with Crippen LogP contribution < -0.4 is 5.32 Å². The molecule has 0 unspecified atom stereocenters. The molecule has 1 aromatic rings. The molecule has 0 bridgehead atoms. The van der Waals surface area contributed by atoms with E-state index in [9.17, 15) is 9.18 Å². The van der Waals surface area contributed by atoms with Gasteiger partial charge in [-0.1, -0.05) is 12.1 Å². The monoisotopic (exact) mass is 279 g/mol. The molecule has 1 aliphatic carbocycles. The lowest BCUT2D eigenvalue weighted by atomic mass is 9.86. The SMILES string of the molecule is CCOC(=O)C1CCC(NCc2ccc(F)cc2)CC1. The van der Waals surface area contributed by atoms with Crippen LogP contribution in [0.4, 0.5) is 4.39 Å². The molecule has 0 saturated heterocycles. The van der Waals surface area contributed by atoms with Gasteiger partial charge in [0.05, 0.1) is 12.5 Å². The number of ether oxygens (including phenoxy) is 1. The predicted octanol–water partition coefficient (Wildman–Crippen LogP) is 3.04. The van der Waals surface area contributed by atoms with Crippen LogP contribution >= 0.6 is 0 Å². The van der Waals surface area contributed by atoms with E-state index >= 15 is 0 Å². The highest BCUT2D eigenvalue weighted by molar-refractivity contribution is 5.72. The number of esters is 1. The van der Waals surface area contributed by atoms with Crippen molar-refractivity contribution in [2.75, 3.05) is 6.61 Å². The molecule has 0 heterocycles. The molecule has 0 radical (unpaired) electrons. The second-order valence-electron chi connectivity index (χ2n) is 5.31. The van der Waals surface area contributed by atoms with Gasteiger partial charge < -0.3 is 10.1 Å². The zero-order valence-electron chi connectivity index (χ0n) is 11.9. The number of nitrogens with one attached hydrogen (secondary N) is 1. The van der Waals surface area contributed by atoms with E-state index in [1.807, 2.05) is 6.92 Å². The molecular weight excluding hydrogens is 257 g/mol. The minimum Gasteiger partial charge on any atom is -0.466 e. The van der Waals surface area contributed by atoms with Crippen molar-refractivity contribution in [3.63, 3.8) is 0 Å². The molecule has 1 aliphatic rings. The molecule has 0 amide bonds. The topological polar surface area (TPSA) is 38.3 Å². The van der Waals surface area contributed by atoms with Crippen molar-refractivity contribution in [3.8, 4) is 0 Å². The third-order valence-corrected chi connectivity index (χ3v) is 3.86. The largest absolute Gasteiger partial charge is 0.466 e. The summed E-state index contributed by atoms with van der Waals surface area (Å²) in [5, 5.41) is 3.47. The van der Waals surface area contributed by atoms with Crippen LogP contribution in [0.5, 0.6) is 0 Å². The molecule has 0 aromatic heterocycles. The van der Waals surface area contributed by atoms with Gasteiger partial charge in [-0.25, -0.2) is 4.39 Å². The Morgan fingerprint density at radius 3 is 2.50 bits per heavy atom. The van der Waals surface area contributed by atoms with E-state index in [4.69, 9.17) is 4.74 Å². The van der Waals surface area contributed by atoms with E-state index in [0.717, 1.165) is 37.8 Å². The molecule has 0 atom stereocenters. The number of hydrogen-bond donors (Lipinski definition) is 1. The van der Waals surface area contributed by atoms with Gasteiger partial charge in [0.2, 0.25) is 0 Å². The van der Waals surface area contributed by atoms with Crippen molar-refractivity contribution in [2.24, 2.45) is 5.92 Å². The molecular formula is C16H22FNO2. The number of rotatable bonds is 5. The van der Waals surface area contributed by atoms with Gasteiger partial charge in [0.15, 0.2) is 0 Å². The third-order valence-electron chi connectivity index (χ3n) is 3.86. The van der Waals surface area contributed by atoms with E-state index in [-0.39, 0.29) is 17.7 Å². The van der Waals surface area contributed by atoms with E-state index < -0.39 is 0 Å². The van der Waals surface area contributed by atoms with Crippen molar-refractivity contribution < 1.29 is 13.9 Å². The van der Waals surface area contributed by atoms with E-state index in [1.54, 1.807) is 12.1 Å². The highest BCUT2D eigenvalue weighted by Crippen LogP contribution is 2.25. The van der Waals surface area contributed by atoms with Crippen molar-refractivity contribution >= 4 is 5.97 Å². The van der Waals surface area contributed by atoms with Crippen LogP contribution in [0.2, 0.25) is 0 Å². The predicted molar refractivity (Wildman–Crippen MR) is 75.6 cm³/mol. The first-order valence-corrected chi connectivity index (χ1v) is 7.33. The Balaban J connectivity index is 1.72. The fraction of sp³-hybridized carbons (Fsp3) is 0.562. The quantitative estimate of drug-likeness (QED) is 0.842. The second-order valence-corrected chi connectivity index (χ2v) is 5.31. The van der Waals surface area contributed by atoms with Crippen LogP contribution in [0.1, 0.15) is 38.2 Å². The fourth-order valence-electron chi connectivity index (χ4n) is 2.66. The van der Waals surface area contributed by atoms with E-state index in [2.05, 4.69) is 5.32 Å². The maximum atomic E-state index is 12.8. The summed E-state index contributed by atoms with van der Waals surface area (Å²) >= 11 is 0. The van der Waals surface area contributed by atoms with Crippen LogP contribution in [-0.4, -0.2) is 18.6 Å². The van der Waals surface area contributed by atoms with Gasteiger partial charge in [0.25, 0.3) is 0 Å². The summed E-state index contributed by atoms with van der Waals surface area (Å²) in [6, 6.07) is 6.99. The first-order valence-electron chi connectivity index (χ1n) is 7.33. The van der Waals surface area contributed by atoms with E-state index in [0.29, 0.717) is 12.6 Å². The summed E-state index contributed by atoms with van der Waals surface area (Å²) in [4.78, 5) is 11.6. The Hall–Kier alpha value is -1.42. The van der Waals surface area contributed by atoms with Gasteiger partial charge in [-0.3, -0.25) is 4.79 Å². The lowest BCUT2D eigenvalue weighted by Gasteiger charge is -2.28. The summed E-state index contributed by atoms with van der Waals surface area (Å²) in [6.45, 7) is 3.05. The van der Waals surface area contributed by atoms with Crippen LogP contribution in [-0.2, 0) is 16.1 Å². The van der Waals surface area contributed by atoms with Crippen molar-refractivity contribution in [2.45, 2.75) is 45.2 Å². The average Bonchev–Trinajstić information content (AvgIpc) is 2.47. The summed E-state index contributed by atoms with van der Waals surface area (Å²) < 4.78 is 17.9. The van der Waals surface area contributed by atoms with Crippen molar-refractivity contribution in [3.05, 3.63) is 35.6 Å². The first kappa shape index (κ1) is 15.0. The molecule has 3 nitrogen and oxygen atoms in total. The van der Waals surface area contributed by atoms with Gasteiger partial charge >= 0.3 is 5.97 Å². The molecule has 2 rings (SSSR count).